The monoisotopic (exact) mass is 304 g/mol. The molecular weight excluding hydrogens is 292 g/mol. The minimum absolute atomic E-state index is 0.0268. The maximum absolute atomic E-state index is 11.0. The maximum Gasteiger partial charge on any atom is 0.335 e. The quantitative estimate of drug-likeness (QED) is 0.511. The Labute approximate surface area is 124 Å². The standard InChI is InChI=1S/C12H12N6O4/c1-8-11(18(21)22)12(15-16(8)2)14-13-7-9-3-5-10(6-4-9)17(19)20/h3-7H,1-2H3,(H,14,15)/b13-7+. The third kappa shape index (κ3) is 3.06. The van der Waals surface area contributed by atoms with Gasteiger partial charge in [0.25, 0.3) is 5.69 Å². The summed E-state index contributed by atoms with van der Waals surface area (Å²) in [5, 5.41) is 29.3. The van der Waals surface area contributed by atoms with Crippen LogP contribution < -0.4 is 5.43 Å². The Kier molecular flexibility index (Phi) is 4.11. The molecule has 0 bridgehead atoms. The van der Waals surface area contributed by atoms with Gasteiger partial charge in [-0.05, 0) is 24.6 Å². The van der Waals surface area contributed by atoms with Crippen LogP contribution in [0, 0.1) is 27.2 Å². The summed E-state index contributed by atoms with van der Waals surface area (Å²) in [6.07, 6.45) is 1.39. The molecule has 0 aliphatic heterocycles. The second-order valence-electron chi connectivity index (χ2n) is 4.38. The lowest BCUT2D eigenvalue weighted by molar-refractivity contribution is -0.384. The number of benzene rings is 1. The van der Waals surface area contributed by atoms with Gasteiger partial charge >= 0.3 is 5.69 Å². The fourth-order valence-electron chi connectivity index (χ4n) is 1.74. The molecule has 0 spiro atoms. The Balaban J connectivity index is 2.14. The molecule has 0 saturated heterocycles. The van der Waals surface area contributed by atoms with E-state index in [9.17, 15) is 20.2 Å². The molecule has 0 amide bonds. The van der Waals surface area contributed by atoms with Crippen molar-refractivity contribution in [3.8, 4) is 0 Å². The highest BCUT2D eigenvalue weighted by molar-refractivity contribution is 5.80. The predicted octanol–water partition coefficient (Wildman–Crippen LogP) is 1.99. The SMILES string of the molecule is Cc1c([N+](=O)[O-])c(N/N=C/c2ccc([N+](=O)[O-])cc2)nn1C. The molecule has 10 heteroatoms. The zero-order chi connectivity index (χ0) is 16.3. The predicted molar refractivity (Wildman–Crippen MR) is 78.9 cm³/mol. The van der Waals surface area contributed by atoms with E-state index in [0.717, 1.165) is 0 Å². The highest BCUT2D eigenvalue weighted by atomic mass is 16.6. The van der Waals surface area contributed by atoms with Gasteiger partial charge < -0.3 is 0 Å². The summed E-state index contributed by atoms with van der Waals surface area (Å²) < 4.78 is 1.38. The first-order valence-electron chi connectivity index (χ1n) is 6.11. The zero-order valence-corrected chi connectivity index (χ0v) is 11.8. The molecule has 2 aromatic rings. The van der Waals surface area contributed by atoms with Crippen molar-refractivity contribution >= 4 is 23.4 Å². The van der Waals surface area contributed by atoms with E-state index in [1.165, 1.54) is 35.2 Å². The van der Waals surface area contributed by atoms with Gasteiger partial charge in [-0.2, -0.15) is 5.10 Å². The second-order valence-corrected chi connectivity index (χ2v) is 4.38. The third-order valence-electron chi connectivity index (χ3n) is 2.97. The lowest BCUT2D eigenvalue weighted by Crippen LogP contribution is -1.96. The molecule has 1 aromatic heterocycles. The van der Waals surface area contributed by atoms with Crippen LogP contribution in [0.3, 0.4) is 0 Å². The number of aromatic nitrogens is 2. The van der Waals surface area contributed by atoms with Crippen molar-refractivity contribution in [2.75, 3.05) is 5.43 Å². The van der Waals surface area contributed by atoms with E-state index in [2.05, 4.69) is 15.6 Å². The van der Waals surface area contributed by atoms with Crippen LogP contribution in [0.25, 0.3) is 0 Å². The fourth-order valence-corrected chi connectivity index (χ4v) is 1.74. The van der Waals surface area contributed by atoms with Gasteiger partial charge in [0, 0.05) is 19.2 Å². The molecule has 1 aromatic carbocycles. The van der Waals surface area contributed by atoms with Crippen LogP contribution >= 0.6 is 0 Å². The average molecular weight is 304 g/mol. The highest BCUT2D eigenvalue weighted by Gasteiger charge is 2.23. The number of nitrogens with one attached hydrogen (secondary N) is 1. The normalized spacial score (nSPS) is 10.8. The van der Waals surface area contributed by atoms with Crippen LogP contribution in [0.15, 0.2) is 29.4 Å². The molecule has 1 heterocycles. The molecule has 2 rings (SSSR count). The summed E-state index contributed by atoms with van der Waals surface area (Å²) in [5.41, 5.74) is 3.33. The maximum atomic E-state index is 11.0. The van der Waals surface area contributed by atoms with Crippen LogP contribution in [0.1, 0.15) is 11.3 Å². The van der Waals surface area contributed by atoms with Crippen molar-refractivity contribution in [1.82, 2.24) is 9.78 Å². The number of aryl methyl sites for hydroxylation is 1. The summed E-state index contributed by atoms with van der Waals surface area (Å²) in [5.74, 6) is 0.0307. The largest absolute Gasteiger partial charge is 0.335 e. The molecule has 22 heavy (non-hydrogen) atoms. The number of hydrogen-bond donors (Lipinski definition) is 1. The Morgan fingerprint density at radius 1 is 1.23 bits per heavy atom. The Hall–Kier alpha value is -3.30. The van der Waals surface area contributed by atoms with Crippen LogP contribution in [0.4, 0.5) is 17.2 Å². The molecule has 114 valence electrons. The van der Waals surface area contributed by atoms with E-state index in [4.69, 9.17) is 0 Å². The number of nitrogens with zero attached hydrogens (tertiary/aromatic N) is 5. The van der Waals surface area contributed by atoms with Crippen molar-refractivity contribution in [2.45, 2.75) is 6.92 Å². The lowest BCUT2D eigenvalue weighted by atomic mass is 10.2. The van der Waals surface area contributed by atoms with Crippen molar-refractivity contribution < 1.29 is 9.85 Å². The summed E-state index contributed by atoms with van der Waals surface area (Å²) in [6, 6.07) is 5.71. The van der Waals surface area contributed by atoms with Gasteiger partial charge in [0.15, 0.2) is 0 Å². The van der Waals surface area contributed by atoms with Gasteiger partial charge in [-0.3, -0.25) is 30.3 Å². The van der Waals surface area contributed by atoms with Gasteiger partial charge in [-0.15, -0.1) is 5.10 Å². The zero-order valence-electron chi connectivity index (χ0n) is 11.8. The van der Waals surface area contributed by atoms with Crippen LogP contribution in [0.2, 0.25) is 0 Å². The van der Waals surface area contributed by atoms with E-state index < -0.39 is 9.85 Å². The van der Waals surface area contributed by atoms with Crippen molar-refractivity contribution in [3.63, 3.8) is 0 Å². The van der Waals surface area contributed by atoms with Gasteiger partial charge in [-0.25, -0.2) is 0 Å². The van der Waals surface area contributed by atoms with Crippen LogP contribution in [-0.4, -0.2) is 25.8 Å². The van der Waals surface area contributed by atoms with Gasteiger partial charge in [0.1, 0.15) is 5.69 Å². The Bertz CT molecular complexity index is 750. The summed E-state index contributed by atoms with van der Waals surface area (Å²) in [7, 11) is 1.59. The first-order chi connectivity index (χ1) is 10.4. The van der Waals surface area contributed by atoms with E-state index in [1.54, 1.807) is 14.0 Å². The molecule has 0 aliphatic rings. The van der Waals surface area contributed by atoms with Crippen molar-refractivity contribution in [1.29, 1.82) is 0 Å². The molecule has 0 saturated carbocycles. The van der Waals surface area contributed by atoms with Crippen molar-refractivity contribution in [2.24, 2.45) is 12.1 Å². The van der Waals surface area contributed by atoms with Crippen molar-refractivity contribution in [3.05, 3.63) is 55.8 Å². The lowest BCUT2D eigenvalue weighted by Gasteiger charge is -1.96. The number of hydrogen-bond acceptors (Lipinski definition) is 7. The number of nitro benzene ring substituents is 1. The second kappa shape index (κ2) is 5.99. The molecule has 10 nitrogen and oxygen atoms in total. The summed E-state index contributed by atoms with van der Waals surface area (Å²) in [6.45, 7) is 1.58. The third-order valence-corrected chi connectivity index (χ3v) is 2.97. The minimum atomic E-state index is -0.536. The van der Waals surface area contributed by atoms with Gasteiger partial charge in [0.2, 0.25) is 5.82 Å². The Morgan fingerprint density at radius 2 is 1.86 bits per heavy atom. The molecular formula is C12H12N6O4. The van der Waals surface area contributed by atoms with Gasteiger partial charge in [0.05, 0.1) is 16.1 Å². The molecule has 0 aliphatic carbocycles. The number of rotatable bonds is 5. The highest BCUT2D eigenvalue weighted by Crippen LogP contribution is 2.26. The summed E-state index contributed by atoms with van der Waals surface area (Å²) >= 11 is 0. The number of nitro groups is 2. The first kappa shape index (κ1) is 15.1. The fraction of sp³-hybridized carbons (Fsp3) is 0.167. The van der Waals surface area contributed by atoms with Gasteiger partial charge in [-0.1, -0.05) is 0 Å². The minimum Gasteiger partial charge on any atom is -0.264 e. The number of non-ortho nitro benzene ring substituents is 1. The molecule has 0 atom stereocenters. The molecule has 0 fully saturated rings. The number of hydrazone groups is 1. The number of anilines is 1. The van der Waals surface area contributed by atoms with E-state index in [0.29, 0.717) is 11.3 Å². The van der Waals surface area contributed by atoms with E-state index in [1.807, 2.05) is 0 Å². The Morgan fingerprint density at radius 3 is 2.41 bits per heavy atom. The smallest absolute Gasteiger partial charge is 0.264 e. The van der Waals surface area contributed by atoms with Crippen LogP contribution in [0.5, 0.6) is 0 Å². The topological polar surface area (TPSA) is 128 Å². The molecule has 1 N–H and O–H groups in total. The van der Waals surface area contributed by atoms with E-state index >= 15 is 0 Å². The van der Waals surface area contributed by atoms with E-state index in [-0.39, 0.29) is 17.2 Å². The summed E-state index contributed by atoms with van der Waals surface area (Å²) in [4.78, 5) is 20.5. The molecule has 0 radical (unpaired) electrons. The average Bonchev–Trinajstić information content (AvgIpc) is 2.74. The van der Waals surface area contributed by atoms with Crippen LogP contribution in [-0.2, 0) is 7.05 Å². The first-order valence-corrected chi connectivity index (χ1v) is 6.11. The molecule has 0 unspecified atom stereocenters.